The van der Waals surface area contributed by atoms with Gasteiger partial charge in [0, 0.05) is 17.4 Å². The lowest BCUT2D eigenvalue weighted by Gasteiger charge is -2.39. The second-order valence-electron chi connectivity index (χ2n) is 6.36. The summed E-state index contributed by atoms with van der Waals surface area (Å²) in [5.41, 5.74) is 7.06. The molecule has 1 amide bonds. The van der Waals surface area contributed by atoms with Gasteiger partial charge in [-0.3, -0.25) is 9.69 Å². The van der Waals surface area contributed by atoms with E-state index < -0.39 is 11.5 Å². The Morgan fingerprint density at radius 1 is 1.56 bits per heavy atom. The van der Waals surface area contributed by atoms with Crippen molar-refractivity contribution >= 4 is 18.5 Å². The topological polar surface area (TPSA) is 96.2 Å². The number of aromatic nitrogens is 1. The molecule has 0 saturated carbocycles. The number of thiol groups is 1. The Kier molecular flexibility index (Phi) is 4.84. The maximum absolute atomic E-state index is 12.1. The van der Waals surface area contributed by atoms with Gasteiger partial charge in [0.05, 0.1) is 23.1 Å². The van der Waals surface area contributed by atoms with Crippen LogP contribution in [0.2, 0.25) is 0 Å². The van der Waals surface area contributed by atoms with Crippen LogP contribution in [0.5, 0.6) is 0 Å². The predicted octanol–water partition coefficient (Wildman–Crippen LogP) is 2.17. The summed E-state index contributed by atoms with van der Waals surface area (Å²) in [6, 6.07) is 11.1. The zero-order valence-electron chi connectivity index (χ0n) is 14.0. The smallest absolute Gasteiger partial charge is 0.223 e. The van der Waals surface area contributed by atoms with Crippen LogP contribution in [0.25, 0.3) is 11.3 Å². The molecule has 1 fully saturated rings. The molecule has 6 nitrogen and oxygen atoms in total. The molecule has 1 aliphatic heterocycles. The number of nitrogens with two attached hydrogens (primary N) is 1. The van der Waals surface area contributed by atoms with Crippen molar-refractivity contribution < 1.29 is 9.32 Å². The van der Waals surface area contributed by atoms with Crippen molar-refractivity contribution in [3.05, 3.63) is 41.6 Å². The summed E-state index contributed by atoms with van der Waals surface area (Å²) in [6.45, 7) is 0.851. The number of nitrogens with zero attached hydrogens (tertiary/aromatic N) is 3. The zero-order valence-corrected chi connectivity index (χ0v) is 14.9. The van der Waals surface area contributed by atoms with Crippen LogP contribution in [-0.2, 0) is 10.3 Å². The summed E-state index contributed by atoms with van der Waals surface area (Å²) >= 11 is 4.36. The number of primary amides is 1. The van der Waals surface area contributed by atoms with Crippen molar-refractivity contribution in [2.24, 2.45) is 11.7 Å². The quantitative estimate of drug-likeness (QED) is 0.801. The molecule has 0 radical (unpaired) electrons. The van der Waals surface area contributed by atoms with E-state index in [4.69, 9.17) is 15.5 Å². The van der Waals surface area contributed by atoms with Crippen molar-refractivity contribution in [1.29, 1.82) is 5.26 Å². The molecule has 2 N–H and O–H groups in total. The van der Waals surface area contributed by atoms with Crippen molar-refractivity contribution in [3.8, 4) is 17.4 Å². The average molecular weight is 356 g/mol. The number of rotatable bonds is 5. The number of amides is 1. The number of hydrogen-bond donors (Lipinski definition) is 2. The summed E-state index contributed by atoms with van der Waals surface area (Å²) in [5.74, 6) is 0.0480. The molecule has 0 bridgehead atoms. The first-order valence-corrected chi connectivity index (χ1v) is 8.75. The monoisotopic (exact) mass is 356 g/mol. The van der Waals surface area contributed by atoms with Crippen molar-refractivity contribution in [2.75, 3.05) is 19.3 Å². The fraction of sp³-hybridized carbons (Fsp3) is 0.389. The molecule has 1 saturated heterocycles. The number of carbonyl (C=O) groups is 1. The molecule has 7 heteroatoms. The minimum absolute atomic E-state index is 0.339. The van der Waals surface area contributed by atoms with Gasteiger partial charge in [-0.1, -0.05) is 17.3 Å². The number of benzene rings is 1. The minimum Gasteiger partial charge on any atom is -0.369 e. The van der Waals surface area contributed by atoms with E-state index >= 15 is 0 Å². The fourth-order valence-corrected chi connectivity index (χ4v) is 4.23. The second-order valence-corrected chi connectivity index (χ2v) is 6.72. The van der Waals surface area contributed by atoms with Crippen LogP contribution < -0.4 is 5.73 Å². The molecular weight excluding hydrogens is 336 g/mol. The average Bonchev–Trinajstić information content (AvgIpc) is 3.23. The van der Waals surface area contributed by atoms with Crippen LogP contribution in [0.3, 0.4) is 0 Å². The Hall–Kier alpha value is -2.30. The molecule has 0 aliphatic carbocycles. The molecule has 1 aromatic carbocycles. The summed E-state index contributed by atoms with van der Waals surface area (Å²) < 4.78 is 5.55. The summed E-state index contributed by atoms with van der Waals surface area (Å²) in [5, 5.41) is 13.3. The standard InChI is InChI=1S/C18H20N4O2S/c1-22-7-3-6-18(22,14(11-25)17(20)23)16-9-15(24-21-16)13-5-2-4-12(8-13)10-19/h2,4-5,8-9,14,25H,3,6-7,11H2,1H3,(H2,20,23). The van der Waals surface area contributed by atoms with Crippen LogP contribution in [0.15, 0.2) is 34.9 Å². The lowest BCUT2D eigenvalue weighted by Crippen LogP contribution is -2.51. The van der Waals surface area contributed by atoms with E-state index in [1.54, 1.807) is 18.2 Å². The number of carbonyl (C=O) groups excluding carboxylic acids is 1. The first-order chi connectivity index (χ1) is 12.0. The highest BCUT2D eigenvalue weighted by Gasteiger charge is 2.50. The Bertz CT molecular complexity index is 828. The van der Waals surface area contributed by atoms with Gasteiger partial charge in [0.25, 0.3) is 0 Å². The Balaban J connectivity index is 2.06. The van der Waals surface area contributed by atoms with Gasteiger partial charge < -0.3 is 10.3 Å². The Morgan fingerprint density at radius 3 is 2.96 bits per heavy atom. The summed E-state index contributed by atoms with van der Waals surface area (Å²) in [6.07, 6.45) is 1.71. The third-order valence-electron chi connectivity index (χ3n) is 5.06. The van der Waals surface area contributed by atoms with Crippen LogP contribution in [0.4, 0.5) is 0 Å². The molecule has 2 heterocycles. The third-order valence-corrected chi connectivity index (χ3v) is 5.43. The molecule has 1 aromatic heterocycles. The molecule has 2 unspecified atom stereocenters. The highest BCUT2D eigenvalue weighted by atomic mass is 32.1. The molecule has 25 heavy (non-hydrogen) atoms. The molecular formula is C18H20N4O2S. The predicted molar refractivity (Wildman–Crippen MR) is 96.7 cm³/mol. The number of nitriles is 1. The summed E-state index contributed by atoms with van der Waals surface area (Å²) in [4.78, 5) is 14.2. The molecule has 0 spiro atoms. The van der Waals surface area contributed by atoms with Crippen LogP contribution in [0.1, 0.15) is 24.1 Å². The van der Waals surface area contributed by atoms with Gasteiger partial charge in [-0.25, -0.2) is 0 Å². The van der Waals surface area contributed by atoms with E-state index in [9.17, 15) is 4.79 Å². The van der Waals surface area contributed by atoms with Gasteiger partial charge in [-0.05, 0) is 38.6 Å². The van der Waals surface area contributed by atoms with Crippen molar-refractivity contribution in [1.82, 2.24) is 10.1 Å². The fourth-order valence-electron chi connectivity index (χ4n) is 3.75. The number of likely N-dealkylation sites (tertiary alicyclic amines) is 1. The largest absolute Gasteiger partial charge is 0.369 e. The van der Waals surface area contributed by atoms with Gasteiger partial charge in [-0.15, -0.1) is 0 Å². The SMILES string of the molecule is CN1CCCC1(c1cc(-c2cccc(C#N)c2)on1)C(CS)C(N)=O. The van der Waals surface area contributed by atoms with Crippen LogP contribution >= 0.6 is 12.6 Å². The maximum Gasteiger partial charge on any atom is 0.223 e. The Labute approximate surface area is 152 Å². The second kappa shape index (κ2) is 6.90. The maximum atomic E-state index is 12.1. The van der Waals surface area contributed by atoms with E-state index in [2.05, 4.69) is 28.8 Å². The van der Waals surface area contributed by atoms with Gasteiger partial charge in [0.15, 0.2) is 5.76 Å². The molecule has 130 valence electrons. The Morgan fingerprint density at radius 2 is 2.36 bits per heavy atom. The molecule has 3 rings (SSSR count). The summed E-state index contributed by atoms with van der Waals surface area (Å²) in [7, 11) is 1.97. The number of hydrogen-bond acceptors (Lipinski definition) is 6. The highest BCUT2D eigenvalue weighted by molar-refractivity contribution is 7.80. The normalized spacial score (nSPS) is 21.8. The highest BCUT2D eigenvalue weighted by Crippen LogP contribution is 2.44. The van der Waals surface area contributed by atoms with E-state index in [0.717, 1.165) is 24.9 Å². The van der Waals surface area contributed by atoms with E-state index in [1.165, 1.54) is 0 Å². The van der Waals surface area contributed by atoms with Gasteiger partial charge in [0.1, 0.15) is 5.69 Å². The lowest BCUT2D eigenvalue weighted by molar-refractivity contribution is -0.125. The minimum atomic E-state index is -0.609. The zero-order chi connectivity index (χ0) is 18.0. The van der Waals surface area contributed by atoms with Crippen molar-refractivity contribution in [2.45, 2.75) is 18.4 Å². The van der Waals surface area contributed by atoms with E-state index in [-0.39, 0.29) is 5.91 Å². The molecule has 2 aromatic rings. The van der Waals surface area contributed by atoms with Crippen LogP contribution in [0, 0.1) is 17.2 Å². The van der Waals surface area contributed by atoms with E-state index in [0.29, 0.717) is 22.8 Å². The van der Waals surface area contributed by atoms with Crippen molar-refractivity contribution in [3.63, 3.8) is 0 Å². The molecule has 1 aliphatic rings. The van der Waals surface area contributed by atoms with Gasteiger partial charge in [0.2, 0.25) is 5.91 Å². The first kappa shape index (κ1) is 17.5. The lowest BCUT2D eigenvalue weighted by atomic mass is 9.79. The third kappa shape index (κ3) is 2.92. The van der Waals surface area contributed by atoms with Crippen LogP contribution in [-0.4, -0.2) is 35.3 Å². The first-order valence-electron chi connectivity index (χ1n) is 8.12. The molecule has 2 atom stereocenters. The van der Waals surface area contributed by atoms with Gasteiger partial charge >= 0.3 is 0 Å². The van der Waals surface area contributed by atoms with Gasteiger partial charge in [-0.2, -0.15) is 17.9 Å². The van der Waals surface area contributed by atoms with E-state index in [1.807, 2.05) is 19.2 Å².